The van der Waals surface area contributed by atoms with E-state index in [9.17, 15) is 9.59 Å². The van der Waals surface area contributed by atoms with E-state index in [2.05, 4.69) is 10.3 Å². The average Bonchev–Trinajstić information content (AvgIpc) is 3.34. The van der Waals surface area contributed by atoms with Crippen LogP contribution in [0.1, 0.15) is 38.8 Å². The van der Waals surface area contributed by atoms with Crippen molar-refractivity contribution in [2.45, 2.75) is 19.8 Å². The van der Waals surface area contributed by atoms with Crippen molar-refractivity contribution in [2.75, 3.05) is 19.6 Å². The summed E-state index contributed by atoms with van der Waals surface area (Å²) in [6, 6.07) is 9.07. The number of benzene rings is 1. The molecule has 0 saturated carbocycles. The molecule has 1 aliphatic heterocycles. The van der Waals surface area contributed by atoms with E-state index < -0.39 is 0 Å². The molecule has 2 aromatic heterocycles. The van der Waals surface area contributed by atoms with Gasteiger partial charge in [-0.15, -0.1) is 11.3 Å². The Labute approximate surface area is 161 Å². The third-order valence-corrected chi connectivity index (χ3v) is 5.71. The molecule has 3 aromatic rings. The van der Waals surface area contributed by atoms with Gasteiger partial charge in [-0.3, -0.25) is 9.59 Å². The van der Waals surface area contributed by atoms with E-state index in [-0.39, 0.29) is 17.7 Å². The van der Waals surface area contributed by atoms with Crippen LogP contribution >= 0.6 is 11.3 Å². The smallest absolute Gasteiger partial charge is 0.261 e. The van der Waals surface area contributed by atoms with Gasteiger partial charge in [-0.05, 0) is 48.4 Å². The second kappa shape index (κ2) is 7.52. The Kier molecular flexibility index (Phi) is 4.94. The average molecular weight is 383 g/mol. The molecule has 1 atom stereocenters. The molecule has 1 aromatic carbocycles. The fraction of sp³-hybridized carbons (Fsp3) is 0.350. The minimum atomic E-state index is -0.0420. The molecule has 0 aliphatic carbocycles. The Morgan fingerprint density at radius 3 is 3.07 bits per heavy atom. The van der Waals surface area contributed by atoms with Crippen LogP contribution < -0.4 is 5.32 Å². The number of hydrogen-bond donors (Lipinski definition) is 1. The van der Waals surface area contributed by atoms with Gasteiger partial charge in [0, 0.05) is 32.1 Å². The second-order valence-corrected chi connectivity index (χ2v) is 7.81. The number of amides is 2. The highest BCUT2D eigenvalue weighted by Gasteiger charge is 2.25. The number of nitrogens with zero attached hydrogens (tertiary/aromatic N) is 2. The number of nitrogens with one attached hydrogen (secondary N) is 1. The van der Waals surface area contributed by atoms with Crippen LogP contribution in [0.4, 0.5) is 0 Å². The topological polar surface area (TPSA) is 75.4 Å². The lowest BCUT2D eigenvalue weighted by Gasteiger charge is -2.33. The standard InChI is InChI=1S/C20H21N3O3S/c1-13-22-16-7-6-15(10-17(16)26-13)20(25)23-8-2-4-14(12-23)11-21-19(24)18-5-3-9-27-18/h3,5-7,9-10,14H,2,4,8,11-12H2,1H3,(H,21,24)/t14-/m1/s1. The van der Waals surface area contributed by atoms with Crippen molar-refractivity contribution < 1.29 is 14.0 Å². The van der Waals surface area contributed by atoms with E-state index >= 15 is 0 Å². The number of oxazole rings is 1. The summed E-state index contributed by atoms with van der Waals surface area (Å²) in [4.78, 5) is 31.9. The van der Waals surface area contributed by atoms with Gasteiger partial charge in [0.2, 0.25) is 0 Å². The number of fused-ring (bicyclic) bond motifs is 1. The molecule has 0 unspecified atom stereocenters. The van der Waals surface area contributed by atoms with Crippen molar-refractivity contribution >= 4 is 34.3 Å². The lowest BCUT2D eigenvalue weighted by atomic mass is 9.97. The SMILES string of the molecule is Cc1nc2ccc(C(=O)N3CCC[C@H](CNC(=O)c4cccs4)C3)cc2o1. The summed E-state index contributed by atoms with van der Waals surface area (Å²) in [7, 11) is 0. The van der Waals surface area contributed by atoms with Gasteiger partial charge in [0.1, 0.15) is 5.52 Å². The molecular formula is C20H21N3O3S. The van der Waals surface area contributed by atoms with E-state index in [1.165, 1.54) is 11.3 Å². The molecule has 3 heterocycles. The molecule has 140 valence electrons. The van der Waals surface area contributed by atoms with E-state index in [0.29, 0.717) is 30.1 Å². The number of likely N-dealkylation sites (tertiary alicyclic amines) is 1. The van der Waals surface area contributed by atoms with Gasteiger partial charge in [-0.25, -0.2) is 4.98 Å². The van der Waals surface area contributed by atoms with Gasteiger partial charge in [0.15, 0.2) is 11.5 Å². The normalized spacial score (nSPS) is 17.2. The van der Waals surface area contributed by atoms with Crippen LogP contribution in [0.2, 0.25) is 0 Å². The van der Waals surface area contributed by atoms with Gasteiger partial charge < -0.3 is 14.6 Å². The van der Waals surface area contributed by atoms with E-state index in [1.54, 1.807) is 19.1 Å². The second-order valence-electron chi connectivity index (χ2n) is 6.86. The summed E-state index contributed by atoms with van der Waals surface area (Å²) in [6.07, 6.45) is 1.95. The molecule has 0 radical (unpaired) electrons. The minimum absolute atomic E-state index is 0.000219. The van der Waals surface area contributed by atoms with Gasteiger partial charge >= 0.3 is 0 Å². The number of hydrogen-bond acceptors (Lipinski definition) is 5. The number of piperidine rings is 1. The fourth-order valence-electron chi connectivity index (χ4n) is 3.50. The summed E-state index contributed by atoms with van der Waals surface area (Å²) in [5, 5.41) is 4.88. The van der Waals surface area contributed by atoms with E-state index in [1.807, 2.05) is 28.5 Å². The van der Waals surface area contributed by atoms with Gasteiger partial charge in [-0.2, -0.15) is 0 Å². The van der Waals surface area contributed by atoms with Crippen molar-refractivity contribution in [1.82, 2.24) is 15.2 Å². The van der Waals surface area contributed by atoms with E-state index in [0.717, 1.165) is 29.8 Å². The monoisotopic (exact) mass is 383 g/mol. The van der Waals surface area contributed by atoms with E-state index in [4.69, 9.17) is 4.42 Å². The van der Waals surface area contributed by atoms with Gasteiger partial charge in [-0.1, -0.05) is 6.07 Å². The van der Waals surface area contributed by atoms with Crippen molar-refractivity contribution in [3.05, 3.63) is 52.0 Å². The predicted molar refractivity (Wildman–Crippen MR) is 104 cm³/mol. The van der Waals surface area contributed by atoms with Crippen LogP contribution in [-0.4, -0.2) is 41.3 Å². The summed E-state index contributed by atoms with van der Waals surface area (Å²) >= 11 is 1.43. The first-order chi connectivity index (χ1) is 13.1. The summed E-state index contributed by atoms with van der Waals surface area (Å²) < 4.78 is 5.54. The number of rotatable bonds is 4. The Bertz CT molecular complexity index is 964. The highest BCUT2D eigenvalue weighted by molar-refractivity contribution is 7.12. The van der Waals surface area contributed by atoms with Gasteiger partial charge in [0.05, 0.1) is 4.88 Å². The molecule has 1 fully saturated rings. The molecule has 1 saturated heterocycles. The number of carbonyl (C=O) groups is 2. The lowest BCUT2D eigenvalue weighted by molar-refractivity contribution is 0.0671. The lowest BCUT2D eigenvalue weighted by Crippen LogP contribution is -2.43. The van der Waals surface area contributed by atoms with Crippen molar-refractivity contribution in [3.63, 3.8) is 0 Å². The molecule has 7 heteroatoms. The maximum atomic E-state index is 12.9. The highest BCUT2D eigenvalue weighted by Crippen LogP contribution is 2.21. The number of carbonyl (C=O) groups excluding carboxylic acids is 2. The Morgan fingerprint density at radius 2 is 2.26 bits per heavy atom. The molecule has 2 amide bonds. The van der Waals surface area contributed by atoms with Crippen LogP contribution in [0.25, 0.3) is 11.1 Å². The first-order valence-corrected chi connectivity index (χ1v) is 9.96. The number of thiophene rings is 1. The van der Waals surface area contributed by atoms with Crippen LogP contribution in [-0.2, 0) is 0 Å². The maximum absolute atomic E-state index is 12.9. The first-order valence-electron chi connectivity index (χ1n) is 9.08. The fourth-order valence-corrected chi connectivity index (χ4v) is 4.14. The third-order valence-electron chi connectivity index (χ3n) is 4.84. The maximum Gasteiger partial charge on any atom is 0.261 e. The Morgan fingerprint density at radius 1 is 1.37 bits per heavy atom. The zero-order chi connectivity index (χ0) is 18.8. The predicted octanol–water partition coefficient (Wildman–Crippen LogP) is 3.48. The summed E-state index contributed by atoms with van der Waals surface area (Å²) in [6.45, 7) is 3.76. The molecule has 4 rings (SSSR count). The Hall–Kier alpha value is -2.67. The third kappa shape index (κ3) is 3.88. The van der Waals surface area contributed by atoms with Crippen LogP contribution in [0.15, 0.2) is 40.1 Å². The quantitative estimate of drug-likeness (QED) is 0.748. The molecule has 27 heavy (non-hydrogen) atoms. The number of aryl methyl sites for hydroxylation is 1. The molecule has 1 aliphatic rings. The minimum Gasteiger partial charge on any atom is -0.441 e. The molecule has 6 nitrogen and oxygen atoms in total. The zero-order valence-corrected chi connectivity index (χ0v) is 15.9. The largest absolute Gasteiger partial charge is 0.441 e. The molecule has 0 bridgehead atoms. The van der Waals surface area contributed by atoms with Gasteiger partial charge in [0.25, 0.3) is 11.8 Å². The van der Waals surface area contributed by atoms with Crippen LogP contribution in [0.5, 0.6) is 0 Å². The molecular weight excluding hydrogens is 362 g/mol. The summed E-state index contributed by atoms with van der Waals surface area (Å²) in [5.74, 6) is 0.816. The van der Waals surface area contributed by atoms with Crippen LogP contribution in [0.3, 0.4) is 0 Å². The molecule has 1 N–H and O–H groups in total. The Balaban J connectivity index is 1.39. The first kappa shape index (κ1) is 17.7. The van der Waals surface area contributed by atoms with Crippen molar-refractivity contribution in [1.29, 1.82) is 0 Å². The summed E-state index contributed by atoms with van der Waals surface area (Å²) in [5.41, 5.74) is 2.01. The zero-order valence-electron chi connectivity index (χ0n) is 15.1. The number of aromatic nitrogens is 1. The highest BCUT2D eigenvalue weighted by atomic mass is 32.1. The molecule has 0 spiro atoms. The van der Waals surface area contributed by atoms with Crippen LogP contribution in [0, 0.1) is 12.8 Å². The van der Waals surface area contributed by atoms with Crippen molar-refractivity contribution in [3.8, 4) is 0 Å². The van der Waals surface area contributed by atoms with Crippen molar-refractivity contribution in [2.24, 2.45) is 5.92 Å².